The van der Waals surface area contributed by atoms with Crippen molar-refractivity contribution in [2.45, 2.75) is 25.4 Å². The van der Waals surface area contributed by atoms with Gasteiger partial charge in [0.1, 0.15) is 0 Å². The smallest absolute Gasteiger partial charge is 0.193 e. The minimum absolute atomic E-state index is 0. The summed E-state index contributed by atoms with van der Waals surface area (Å²) in [5.74, 6) is 1.64. The second-order valence-electron chi connectivity index (χ2n) is 5.12. The lowest BCUT2D eigenvalue weighted by Gasteiger charge is -2.23. The highest BCUT2D eigenvalue weighted by molar-refractivity contribution is 14.0. The number of hydrogen-bond acceptors (Lipinski definition) is 3. The van der Waals surface area contributed by atoms with Crippen LogP contribution in [-0.4, -0.2) is 64.0 Å². The van der Waals surface area contributed by atoms with Gasteiger partial charge in [0.15, 0.2) is 5.96 Å². The standard InChI is InChI=1S/C13H25N3O2.HI/c1-14-13(15-8-12-4-3-7-18-12)16-6-5-11(9-16)10-17-2;/h11-12H,3-10H2,1-2H3,(H,14,15);1H. The first-order valence-corrected chi connectivity index (χ1v) is 6.89. The Balaban J connectivity index is 0.00000180. The first kappa shape index (κ1) is 17.0. The van der Waals surface area contributed by atoms with Crippen LogP contribution >= 0.6 is 24.0 Å². The molecule has 2 atom stereocenters. The van der Waals surface area contributed by atoms with Gasteiger partial charge in [0.05, 0.1) is 12.7 Å². The lowest BCUT2D eigenvalue weighted by Crippen LogP contribution is -2.43. The number of hydrogen-bond donors (Lipinski definition) is 1. The molecule has 5 nitrogen and oxygen atoms in total. The highest BCUT2D eigenvalue weighted by Crippen LogP contribution is 2.16. The van der Waals surface area contributed by atoms with Crippen molar-refractivity contribution in [2.24, 2.45) is 10.9 Å². The first-order valence-electron chi connectivity index (χ1n) is 6.89. The van der Waals surface area contributed by atoms with Crippen LogP contribution in [0.3, 0.4) is 0 Å². The number of guanidine groups is 1. The predicted octanol–water partition coefficient (Wildman–Crippen LogP) is 1.33. The van der Waals surface area contributed by atoms with Gasteiger partial charge in [-0.2, -0.15) is 0 Å². The van der Waals surface area contributed by atoms with Crippen molar-refractivity contribution in [1.29, 1.82) is 0 Å². The second kappa shape index (κ2) is 8.97. The summed E-state index contributed by atoms with van der Waals surface area (Å²) in [6.07, 6.45) is 3.90. The summed E-state index contributed by atoms with van der Waals surface area (Å²) in [6, 6.07) is 0. The van der Waals surface area contributed by atoms with Crippen molar-refractivity contribution in [3.05, 3.63) is 0 Å². The molecular weight excluding hydrogens is 357 g/mol. The Morgan fingerprint density at radius 2 is 2.32 bits per heavy atom. The fourth-order valence-corrected chi connectivity index (χ4v) is 2.74. The maximum absolute atomic E-state index is 5.61. The maximum Gasteiger partial charge on any atom is 0.193 e. The Labute approximate surface area is 133 Å². The largest absolute Gasteiger partial charge is 0.384 e. The molecule has 0 radical (unpaired) electrons. The van der Waals surface area contributed by atoms with Gasteiger partial charge in [-0.15, -0.1) is 24.0 Å². The molecule has 0 aliphatic carbocycles. The molecule has 0 aromatic carbocycles. The van der Waals surface area contributed by atoms with E-state index in [2.05, 4.69) is 15.2 Å². The third kappa shape index (κ3) is 5.07. The number of nitrogens with zero attached hydrogens (tertiary/aromatic N) is 2. The molecule has 2 rings (SSSR count). The molecule has 0 amide bonds. The average Bonchev–Trinajstić information content (AvgIpc) is 3.02. The molecule has 0 aromatic heterocycles. The molecular formula is C13H26IN3O2. The molecule has 0 bridgehead atoms. The fraction of sp³-hybridized carbons (Fsp3) is 0.923. The van der Waals surface area contributed by atoms with Gasteiger partial charge in [-0.25, -0.2) is 0 Å². The zero-order chi connectivity index (χ0) is 12.8. The summed E-state index contributed by atoms with van der Waals surface area (Å²) in [6.45, 7) is 4.74. The molecule has 2 fully saturated rings. The van der Waals surface area contributed by atoms with Crippen LogP contribution < -0.4 is 5.32 Å². The molecule has 0 aromatic rings. The second-order valence-corrected chi connectivity index (χ2v) is 5.12. The van der Waals surface area contributed by atoms with Crippen molar-refractivity contribution in [3.8, 4) is 0 Å². The van der Waals surface area contributed by atoms with Crippen molar-refractivity contribution < 1.29 is 9.47 Å². The van der Waals surface area contributed by atoms with Crippen LogP contribution in [0.1, 0.15) is 19.3 Å². The van der Waals surface area contributed by atoms with Gasteiger partial charge < -0.3 is 19.7 Å². The minimum Gasteiger partial charge on any atom is -0.384 e. The Morgan fingerprint density at radius 3 is 2.95 bits per heavy atom. The number of nitrogens with one attached hydrogen (secondary N) is 1. The summed E-state index contributed by atoms with van der Waals surface area (Å²) >= 11 is 0. The first-order chi connectivity index (χ1) is 8.83. The van der Waals surface area contributed by atoms with E-state index >= 15 is 0 Å². The number of halogens is 1. The average molecular weight is 383 g/mol. The monoisotopic (exact) mass is 383 g/mol. The number of rotatable bonds is 4. The number of ether oxygens (including phenoxy) is 2. The molecule has 6 heteroatoms. The highest BCUT2D eigenvalue weighted by atomic mass is 127. The lowest BCUT2D eigenvalue weighted by atomic mass is 10.1. The van der Waals surface area contributed by atoms with E-state index in [1.165, 1.54) is 12.8 Å². The zero-order valence-electron chi connectivity index (χ0n) is 11.9. The molecule has 2 unspecified atom stereocenters. The Morgan fingerprint density at radius 1 is 1.47 bits per heavy atom. The molecule has 2 aliphatic heterocycles. The van der Waals surface area contributed by atoms with E-state index in [1.807, 2.05) is 7.05 Å². The molecule has 0 spiro atoms. The van der Waals surface area contributed by atoms with Crippen LogP contribution in [0, 0.1) is 5.92 Å². The quantitative estimate of drug-likeness (QED) is 0.452. The molecule has 2 aliphatic rings. The van der Waals surface area contributed by atoms with Crippen LogP contribution in [0.2, 0.25) is 0 Å². The van der Waals surface area contributed by atoms with Gasteiger partial charge in [0.25, 0.3) is 0 Å². The maximum atomic E-state index is 5.61. The molecule has 112 valence electrons. The van der Waals surface area contributed by atoms with Crippen molar-refractivity contribution >= 4 is 29.9 Å². The lowest BCUT2D eigenvalue weighted by molar-refractivity contribution is 0.113. The number of methoxy groups -OCH3 is 1. The summed E-state index contributed by atoms with van der Waals surface area (Å²) in [7, 11) is 3.62. The summed E-state index contributed by atoms with van der Waals surface area (Å²) in [5, 5.41) is 3.43. The zero-order valence-corrected chi connectivity index (χ0v) is 14.3. The minimum atomic E-state index is 0. The van der Waals surface area contributed by atoms with Crippen LogP contribution in [0.25, 0.3) is 0 Å². The molecule has 19 heavy (non-hydrogen) atoms. The Hall–Kier alpha value is -0.0800. The van der Waals surface area contributed by atoms with Crippen molar-refractivity contribution in [1.82, 2.24) is 10.2 Å². The van der Waals surface area contributed by atoms with Crippen LogP contribution in [-0.2, 0) is 9.47 Å². The molecule has 2 heterocycles. The molecule has 2 saturated heterocycles. The Bertz CT molecular complexity index is 283. The van der Waals surface area contributed by atoms with E-state index in [9.17, 15) is 0 Å². The van der Waals surface area contributed by atoms with Crippen LogP contribution in [0.5, 0.6) is 0 Å². The van der Waals surface area contributed by atoms with E-state index in [1.54, 1.807) is 7.11 Å². The van der Waals surface area contributed by atoms with Gasteiger partial charge in [0.2, 0.25) is 0 Å². The summed E-state index contributed by atoms with van der Waals surface area (Å²) in [5.41, 5.74) is 0. The van der Waals surface area contributed by atoms with Gasteiger partial charge in [-0.05, 0) is 19.3 Å². The third-order valence-corrected chi connectivity index (χ3v) is 3.71. The van der Waals surface area contributed by atoms with Gasteiger partial charge in [0, 0.05) is 46.3 Å². The van der Waals surface area contributed by atoms with Crippen LogP contribution in [0.15, 0.2) is 4.99 Å². The van der Waals surface area contributed by atoms with Gasteiger partial charge >= 0.3 is 0 Å². The molecule has 1 N–H and O–H groups in total. The van der Waals surface area contributed by atoms with Gasteiger partial charge in [-0.3, -0.25) is 4.99 Å². The highest BCUT2D eigenvalue weighted by Gasteiger charge is 2.25. The van der Waals surface area contributed by atoms with Crippen molar-refractivity contribution in [2.75, 3.05) is 47.0 Å². The predicted molar refractivity (Wildman–Crippen MR) is 87.3 cm³/mol. The van der Waals surface area contributed by atoms with Gasteiger partial charge in [-0.1, -0.05) is 0 Å². The SMILES string of the molecule is CN=C(NCC1CCCO1)N1CCC(COC)C1.I. The summed E-state index contributed by atoms with van der Waals surface area (Å²) < 4.78 is 10.8. The van der Waals surface area contributed by atoms with E-state index < -0.39 is 0 Å². The Kier molecular flexibility index (Phi) is 8.01. The summed E-state index contributed by atoms with van der Waals surface area (Å²) in [4.78, 5) is 6.68. The number of likely N-dealkylation sites (tertiary alicyclic amines) is 1. The fourth-order valence-electron chi connectivity index (χ4n) is 2.74. The molecule has 0 saturated carbocycles. The van der Waals surface area contributed by atoms with Crippen LogP contribution in [0.4, 0.5) is 0 Å². The van der Waals surface area contributed by atoms with E-state index in [4.69, 9.17) is 9.47 Å². The van der Waals surface area contributed by atoms with E-state index in [0.29, 0.717) is 12.0 Å². The number of aliphatic imine (C=N–C) groups is 1. The normalized spacial score (nSPS) is 27.5. The van der Waals surface area contributed by atoms with E-state index in [0.717, 1.165) is 45.2 Å². The van der Waals surface area contributed by atoms with Crippen molar-refractivity contribution in [3.63, 3.8) is 0 Å². The topological polar surface area (TPSA) is 46.1 Å². The van der Waals surface area contributed by atoms with E-state index in [-0.39, 0.29) is 24.0 Å². The third-order valence-electron chi connectivity index (χ3n) is 3.71.